The first-order valence-corrected chi connectivity index (χ1v) is 7.53. The van der Waals surface area contributed by atoms with Gasteiger partial charge in [0.15, 0.2) is 0 Å². The molecule has 0 amide bonds. The van der Waals surface area contributed by atoms with Crippen molar-refractivity contribution in [3.63, 3.8) is 0 Å². The topological polar surface area (TPSA) is 46.2 Å². The quantitative estimate of drug-likeness (QED) is 0.892. The highest BCUT2D eigenvalue weighted by atomic mass is 79.9. The lowest BCUT2D eigenvalue weighted by atomic mass is 9.87. The number of halogens is 1. The molecule has 3 N–H and O–H groups in total. The zero-order valence-electron chi connectivity index (χ0n) is 11.8. The van der Waals surface area contributed by atoms with Crippen molar-refractivity contribution < 1.29 is 5.11 Å². The largest absolute Gasteiger partial charge is 0.388 e. The molecule has 2 rings (SSSR count). The fourth-order valence-electron chi connectivity index (χ4n) is 2.49. The maximum atomic E-state index is 10.7. The van der Waals surface area contributed by atoms with Gasteiger partial charge in [0.1, 0.15) is 0 Å². The van der Waals surface area contributed by atoms with Crippen molar-refractivity contribution in [3.05, 3.63) is 69.2 Å². The number of hydrogen-bond donors (Lipinski definition) is 2. The van der Waals surface area contributed by atoms with Gasteiger partial charge in [-0.25, -0.2) is 0 Å². The van der Waals surface area contributed by atoms with Crippen LogP contribution in [0.1, 0.15) is 34.3 Å². The summed E-state index contributed by atoms with van der Waals surface area (Å²) >= 11 is 3.46. The lowest BCUT2D eigenvalue weighted by Crippen LogP contribution is -2.21. The number of hydrogen-bond acceptors (Lipinski definition) is 2. The van der Waals surface area contributed by atoms with E-state index in [4.69, 9.17) is 5.73 Å². The lowest BCUT2D eigenvalue weighted by Gasteiger charge is -2.24. The molecule has 0 radical (unpaired) electrons. The monoisotopic (exact) mass is 333 g/mol. The molecule has 0 aliphatic carbocycles. The van der Waals surface area contributed by atoms with E-state index in [0.29, 0.717) is 6.54 Å². The minimum absolute atomic E-state index is 0.0945. The van der Waals surface area contributed by atoms with Crippen molar-refractivity contribution in [3.8, 4) is 0 Å². The van der Waals surface area contributed by atoms with E-state index in [1.165, 1.54) is 5.56 Å². The summed E-state index contributed by atoms with van der Waals surface area (Å²) < 4.78 is 0.970. The Morgan fingerprint density at radius 1 is 1.15 bits per heavy atom. The van der Waals surface area contributed by atoms with E-state index in [1.54, 1.807) is 0 Å². The number of aliphatic hydroxyl groups excluding tert-OH is 1. The molecule has 20 heavy (non-hydrogen) atoms. The van der Waals surface area contributed by atoms with Crippen molar-refractivity contribution in [1.82, 2.24) is 0 Å². The SMILES string of the molecule is Cc1cccc(C(CN)C(O)c2cc(Br)ccc2C)c1. The zero-order valence-corrected chi connectivity index (χ0v) is 13.4. The van der Waals surface area contributed by atoms with Gasteiger partial charge in [-0.2, -0.15) is 0 Å². The number of aliphatic hydroxyl groups is 1. The molecule has 2 aromatic carbocycles. The predicted octanol–water partition coefficient (Wildman–Crippen LogP) is 3.84. The molecular formula is C17H20BrNO. The minimum atomic E-state index is -0.598. The summed E-state index contributed by atoms with van der Waals surface area (Å²) in [6, 6.07) is 14.1. The Balaban J connectivity index is 2.38. The molecule has 0 spiro atoms. The smallest absolute Gasteiger partial charge is 0.0873 e. The average molecular weight is 334 g/mol. The summed E-state index contributed by atoms with van der Waals surface area (Å²) in [6.07, 6.45) is -0.598. The van der Waals surface area contributed by atoms with Crippen molar-refractivity contribution >= 4 is 15.9 Å². The van der Waals surface area contributed by atoms with Crippen molar-refractivity contribution in [1.29, 1.82) is 0 Å². The Morgan fingerprint density at radius 2 is 1.90 bits per heavy atom. The van der Waals surface area contributed by atoms with Crippen LogP contribution >= 0.6 is 15.9 Å². The summed E-state index contributed by atoms with van der Waals surface area (Å²) in [4.78, 5) is 0. The third-order valence-electron chi connectivity index (χ3n) is 3.67. The molecule has 0 aliphatic heterocycles. The Morgan fingerprint density at radius 3 is 2.55 bits per heavy atom. The molecule has 0 saturated heterocycles. The van der Waals surface area contributed by atoms with Crippen LogP contribution in [-0.4, -0.2) is 11.7 Å². The summed E-state index contributed by atoms with van der Waals surface area (Å²) in [5.74, 6) is -0.0945. The Labute approximate surface area is 128 Å². The molecule has 0 aromatic heterocycles. The molecule has 2 aromatic rings. The molecule has 0 aliphatic rings. The van der Waals surface area contributed by atoms with Gasteiger partial charge >= 0.3 is 0 Å². The second-order valence-corrected chi connectivity index (χ2v) is 6.12. The number of nitrogens with two attached hydrogens (primary N) is 1. The van der Waals surface area contributed by atoms with Crippen LogP contribution in [0.3, 0.4) is 0 Å². The van der Waals surface area contributed by atoms with Crippen molar-refractivity contribution in [2.24, 2.45) is 5.73 Å². The van der Waals surface area contributed by atoms with E-state index in [9.17, 15) is 5.11 Å². The van der Waals surface area contributed by atoms with Crippen LogP contribution in [0.25, 0.3) is 0 Å². The molecule has 0 fully saturated rings. The van der Waals surface area contributed by atoms with Crippen LogP contribution in [0.2, 0.25) is 0 Å². The first-order valence-electron chi connectivity index (χ1n) is 6.73. The van der Waals surface area contributed by atoms with Gasteiger partial charge in [0.05, 0.1) is 6.10 Å². The van der Waals surface area contributed by atoms with Crippen LogP contribution in [0.15, 0.2) is 46.9 Å². The zero-order chi connectivity index (χ0) is 14.7. The first kappa shape index (κ1) is 15.2. The van der Waals surface area contributed by atoms with Gasteiger partial charge < -0.3 is 10.8 Å². The summed E-state index contributed by atoms with van der Waals surface area (Å²) in [5, 5.41) is 10.7. The van der Waals surface area contributed by atoms with Gasteiger partial charge in [-0.3, -0.25) is 0 Å². The van der Waals surface area contributed by atoms with Crippen molar-refractivity contribution in [2.75, 3.05) is 6.54 Å². The Kier molecular flexibility index (Phi) is 4.97. The molecule has 0 heterocycles. The molecule has 0 saturated carbocycles. The van der Waals surface area contributed by atoms with E-state index in [2.05, 4.69) is 22.0 Å². The molecule has 2 unspecified atom stereocenters. The predicted molar refractivity (Wildman–Crippen MR) is 86.8 cm³/mol. The number of benzene rings is 2. The summed E-state index contributed by atoms with van der Waals surface area (Å²) in [6.45, 7) is 4.47. The fraction of sp³-hybridized carbons (Fsp3) is 0.294. The van der Waals surface area contributed by atoms with E-state index in [0.717, 1.165) is 21.2 Å². The first-order chi connectivity index (χ1) is 9.52. The molecule has 2 atom stereocenters. The van der Waals surface area contributed by atoms with Gasteiger partial charge in [-0.05, 0) is 42.7 Å². The molecule has 0 bridgehead atoms. The third-order valence-corrected chi connectivity index (χ3v) is 4.16. The summed E-state index contributed by atoms with van der Waals surface area (Å²) in [7, 11) is 0. The maximum Gasteiger partial charge on any atom is 0.0873 e. The van der Waals surface area contributed by atoms with Gasteiger partial charge in [0.25, 0.3) is 0 Å². The normalized spacial score (nSPS) is 14.1. The second-order valence-electron chi connectivity index (χ2n) is 5.20. The second kappa shape index (κ2) is 6.53. The molecule has 106 valence electrons. The van der Waals surface area contributed by atoms with E-state index in [1.807, 2.05) is 50.2 Å². The third kappa shape index (κ3) is 3.29. The highest BCUT2D eigenvalue weighted by Crippen LogP contribution is 2.33. The maximum absolute atomic E-state index is 10.7. The van der Waals surface area contributed by atoms with Gasteiger partial charge in [-0.1, -0.05) is 51.8 Å². The van der Waals surface area contributed by atoms with Crippen LogP contribution in [0.5, 0.6) is 0 Å². The highest BCUT2D eigenvalue weighted by Gasteiger charge is 2.23. The van der Waals surface area contributed by atoms with Crippen LogP contribution in [0, 0.1) is 13.8 Å². The van der Waals surface area contributed by atoms with Gasteiger partial charge in [0, 0.05) is 16.9 Å². The van der Waals surface area contributed by atoms with E-state index < -0.39 is 6.10 Å². The van der Waals surface area contributed by atoms with Crippen LogP contribution in [0.4, 0.5) is 0 Å². The summed E-state index contributed by atoms with van der Waals surface area (Å²) in [5.41, 5.74) is 10.2. The van der Waals surface area contributed by atoms with Gasteiger partial charge in [-0.15, -0.1) is 0 Å². The Hall–Kier alpha value is -1.16. The van der Waals surface area contributed by atoms with Crippen molar-refractivity contribution in [2.45, 2.75) is 25.9 Å². The minimum Gasteiger partial charge on any atom is -0.388 e. The molecular weight excluding hydrogens is 314 g/mol. The van der Waals surface area contributed by atoms with E-state index in [-0.39, 0.29) is 5.92 Å². The average Bonchev–Trinajstić information content (AvgIpc) is 2.42. The number of aryl methyl sites for hydroxylation is 2. The fourth-order valence-corrected chi connectivity index (χ4v) is 2.87. The van der Waals surface area contributed by atoms with Gasteiger partial charge in [0.2, 0.25) is 0 Å². The Bertz CT molecular complexity index is 597. The number of rotatable bonds is 4. The van der Waals surface area contributed by atoms with Crippen LogP contribution < -0.4 is 5.73 Å². The highest BCUT2D eigenvalue weighted by molar-refractivity contribution is 9.10. The van der Waals surface area contributed by atoms with Crippen LogP contribution in [-0.2, 0) is 0 Å². The standard InChI is InChI=1S/C17H20BrNO/c1-11-4-3-5-13(8-11)16(10-19)17(20)15-9-14(18)7-6-12(15)2/h3-9,16-17,20H,10,19H2,1-2H3. The lowest BCUT2D eigenvalue weighted by molar-refractivity contribution is 0.146. The molecule has 2 nitrogen and oxygen atoms in total. The molecule has 3 heteroatoms. The van der Waals surface area contributed by atoms with E-state index >= 15 is 0 Å².